The molecule has 6 heterocycles. The Morgan fingerprint density at radius 1 is 1.26 bits per heavy atom. The van der Waals surface area contributed by atoms with Crippen molar-refractivity contribution in [2.24, 2.45) is 5.92 Å². The van der Waals surface area contributed by atoms with E-state index in [1.54, 1.807) is 24.2 Å². The summed E-state index contributed by atoms with van der Waals surface area (Å²) in [4.78, 5) is 34.7. The molecule has 1 aromatic carbocycles. The van der Waals surface area contributed by atoms with E-state index >= 15 is 0 Å². The summed E-state index contributed by atoms with van der Waals surface area (Å²) in [5.41, 5.74) is 4.24. The van der Waals surface area contributed by atoms with Crippen LogP contribution < -0.4 is 4.65 Å². The van der Waals surface area contributed by atoms with E-state index in [9.17, 15) is 4.79 Å². The van der Waals surface area contributed by atoms with Crippen molar-refractivity contribution in [1.29, 1.82) is 0 Å². The molecule has 2 bridgehead atoms. The lowest BCUT2D eigenvalue weighted by atomic mass is 9.98. The van der Waals surface area contributed by atoms with Crippen molar-refractivity contribution in [3.8, 4) is 17.1 Å². The van der Waals surface area contributed by atoms with E-state index in [0.29, 0.717) is 42.9 Å². The molecular formula is C30H31N9O3+. The largest absolute Gasteiger partial charge is 0.389 e. The van der Waals surface area contributed by atoms with Gasteiger partial charge in [0.25, 0.3) is 0 Å². The molecule has 2 aliphatic heterocycles. The molecule has 0 spiro atoms. The summed E-state index contributed by atoms with van der Waals surface area (Å²) < 4.78 is 7.93. The maximum atomic E-state index is 14.1. The number of quaternary nitrogens is 1. The molecule has 0 amide bonds. The Balaban J connectivity index is 1.19. The Morgan fingerprint density at radius 3 is 2.98 bits per heavy atom. The fraction of sp³-hybridized carbons (Fsp3) is 0.333. The molecule has 4 unspecified atom stereocenters. The van der Waals surface area contributed by atoms with E-state index < -0.39 is 12.5 Å². The molecule has 4 aromatic heterocycles. The fourth-order valence-corrected chi connectivity index (χ4v) is 6.05. The van der Waals surface area contributed by atoms with Crippen LogP contribution in [0.1, 0.15) is 29.8 Å². The Kier molecular flexibility index (Phi) is 6.62. The van der Waals surface area contributed by atoms with Crippen molar-refractivity contribution in [2.45, 2.75) is 32.7 Å². The number of benzene rings is 1. The van der Waals surface area contributed by atoms with Gasteiger partial charge in [-0.3, -0.25) is 19.4 Å². The van der Waals surface area contributed by atoms with E-state index in [4.69, 9.17) is 14.6 Å². The van der Waals surface area contributed by atoms with E-state index in [1.165, 1.54) is 0 Å². The number of tetrazole rings is 1. The van der Waals surface area contributed by atoms with Gasteiger partial charge in [-0.1, -0.05) is 36.7 Å². The number of nitrogens with zero attached hydrogens (tertiary/aromatic N) is 8. The minimum Gasteiger partial charge on any atom is -0.359 e. The van der Waals surface area contributed by atoms with Crippen molar-refractivity contribution >= 4 is 22.6 Å². The van der Waals surface area contributed by atoms with Crippen LogP contribution in [0.5, 0.6) is 0 Å². The third-order valence-corrected chi connectivity index (χ3v) is 8.03. The number of aromatic nitrogens is 7. The highest BCUT2D eigenvalue weighted by Gasteiger charge is 2.58. The molecule has 1 N–H and O–H groups in total. The quantitative estimate of drug-likeness (QED) is 0.223. The molecule has 2 fully saturated rings. The van der Waals surface area contributed by atoms with Gasteiger partial charge in [-0.15, -0.1) is 4.68 Å². The van der Waals surface area contributed by atoms with Crippen molar-refractivity contribution in [2.75, 3.05) is 26.7 Å². The Morgan fingerprint density at radius 2 is 2.17 bits per heavy atom. The van der Waals surface area contributed by atoms with Gasteiger partial charge in [-0.25, -0.2) is 4.98 Å². The van der Waals surface area contributed by atoms with Gasteiger partial charge in [-0.2, -0.15) is 4.84 Å². The highest BCUT2D eigenvalue weighted by atomic mass is 16.8. The molecule has 0 aliphatic carbocycles. The average Bonchev–Trinajstić information content (AvgIpc) is 3.77. The molecule has 4 atom stereocenters. The third kappa shape index (κ3) is 4.31. The summed E-state index contributed by atoms with van der Waals surface area (Å²) in [7, 11) is 1.60. The van der Waals surface area contributed by atoms with E-state index in [-0.39, 0.29) is 10.4 Å². The number of Topliss-reactive ketones (excluding diaryl/α,β-unsaturated/α-hetero) is 1. The maximum absolute atomic E-state index is 14.1. The van der Waals surface area contributed by atoms with Crippen LogP contribution in [0, 0.1) is 12.0 Å². The molecule has 213 valence electrons. The number of rotatable bonds is 8. The van der Waals surface area contributed by atoms with E-state index in [2.05, 4.69) is 51.5 Å². The number of hydrogen-bond donors (Lipinski definition) is 1. The Labute approximate surface area is 242 Å². The number of H-pyrrole nitrogens is 1. The number of ether oxygens (including phenoxy) is 1. The van der Waals surface area contributed by atoms with Crippen molar-refractivity contribution in [1.82, 2.24) is 44.7 Å². The first-order chi connectivity index (χ1) is 20.5. The normalized spacial score (nSPS) is 23.6. The summed E-state index contributed by atoms with van der Waals surface area (Å²) in [6.45, 7) is 5.88. The first kappa shape index (κ1) is 26.5. The second-order valence-electron chi connectivity index (χ2n) is 11.1. The zero-order chi connectivity index (χ0) is 28.8. The summed E-state index contributed by atoms with van der Waals surface area (Å²) in [5.74, 6) is 1.37. The lowest BCUT2D eigenvalue weighted by Crippen LogP contribution is -2.64. The highest BCUT2D eigenvalue weighted by Crippen LogP contribution is 2.37. The molecule has 7 rings (SSSR count). The van der Waals surface area contributed by atoms with Gasteiger partial charge in [-0.05, 0) is 63.8 Å². The van der Waals surface area contributed by atoms with Gasteiger partial charge in [0.15, 0.2) is 12.0 Å². The van der Waals surface area contributed by atoms with Crippen LogP contribution >= 0.6 is 0 Å². The fourth-order valence-electron chi connectivity index (χ4n) is 6.05. The Hall–Kier alpha value is -4.36. The average molecular weight is 566 g/mol. The van der Waals surface area contributed by atoms with Gasteiger partial charge in [0, 0.05) is 35.1 Å². The minimum atomic E-state index is -0.793. The summed E-state index contributed by atoms with van der Waals surface area (Å²) in [6, 6.07) is 16.8. The summed E-state index contributed by atoms with van der Waals surface area (Å²) in [6.07, 6.45) is 4.80. The van der Waals surface area contributed by atoms with Crippen molar-refractivity contribution in [3.05, 3.63) is 78.2 Å². The van der Waals surface area contributed by atoms with Crippen LogP contribution in [0.3, 0.4) is 0 Å². The summed E-state index contributed by atoms with van der Waals surface area (Å²) in [5, 5.41) is 13.2. The van der Waals surface area contributed by atoms with Crippen LogP contribution in [0.4, 0.5) is 5.95 Å². The number of aromatic amines is 1. The van der Waals surface area contributed by atoms with Gasteiger partial charge in [0.2, 0.25) is 12.0 Å². The second-order valence-corrected chi connectivity index (χ2v) is 11.1. The van der Waals surface area contributed by atoms with Crippen LogP contribution in [0.15, 0.2) is 61.1 Å². The van der Waals surface area contributed by atoms with Crippen molar-refractivity contribution < 1.29 is 14.4 Å². The molecule has 0 saturated carbocycles. The Bertz CT molecular complexity index is 1750. The molecule has 1 radical (unpaired) electrons. The SMILES string of the molecule is CO[N+]1(c2nnnn2-c2ccccn2)CCN2CC1OC2C(=O)c1cnc(-c2cc[c]c(CC(C)C)c2)c2[nH]ccc12. The predicted octanol–water partition coefficient (Wildman–Crippen LogP) is 3.35. The number of pyridine rings is 2. The number of hydrogen-bond acceptors (Lipinski definition) is 9. The first-order valence-corrected chi connectivity index (χ1v) is 14.0. The molecular weight excluding hydrogens is 534 g/mol. The molecule has 12 heteroatoms. The number of piperazine rings is 1. The van der Waals surface area contributed by atoms with Gasteiger partial charge in [0.1, 0.15) is 6.54 Å². The number of carbonyl (C=O) groups is 1. The zero-order valence-corrected chi connectivity index (χ0v) is 23.6. The zero-order valence-electron chi connectivity index (χ0n) is 23.6. The smallest absolute Gasteiger partial charge is 0.359 e. The first-order valence-electron chi connectivity index (χ1n) is 14.0. The van der Waals surface area contributed by atoms with Crippen molar-refractivity contribution in [3.63, 3.8) is 0 Å². The van der Waals surface area contributed by atoms with Gasteiger partial charge >= 0.3 is 5.95 Å². The standard InChI is InChI=1S/C30H30N9O3/c1-19(2)15-20-7-6-8-21(16-20)26-27-22(10-12-32-27)23(17-33-26)28(40)29-37-13-14-39(41-3,25(18-37)42-29)30-34-35-36-38(30)24-9-4-5-11-31-24/h4-6,8-12,16-17,19,25,29H,13-15,18H2,1-3H3/p+1. The molecule has 12 nitrogen and oxygen atoms in total. The predicted molar refractivity (Wildman–Crippen MR) is 154 cm³/mol. The number of fused-ring (bicyclic) bond motifs is 3. The topological polar surface area (TPSA) is 124 Å². The summed E-state index contributed by atoms with van der Waals surface area (Å²) >= 11 is 0. The van der Waals surface area contributed by atoms with Crippen LogP contribution in [-0.2, 0) is 16.0 Å². The molecule has 2 aliphatic rings. The van der Waals surface area contributed by atoms with Crippen LogP contribution in [0.25, 0.3) is 28.0 Å². The maximum Gasteiger partial charge on any atom is 0.389 e. The van der Waals surface area contributed by atoms with E-state index in [1.807, 2.05) is 47.5 Å². The number of ketones is 1. The highest BCUT2D eigenvalue weighted by molar-refractivity contribution is 6.11. The third-order valence-electron chi connectivity index (χ3n) is 8.03. The number of nitrogens with one attached hydrogen (secondary N) is 1. The van der Waals surface area contributed by atoms with Crippen LogP contribution in [-0.4, -0.2) is 85.0 Å². The van der Waals surface area contributed by atoms with E-state index in [0.717, 1.165) is 34.1 Å². The number of carbonyl (C=O) groups excluding carboxylic acids is 1. The minimum absolute atomic E-state index is 0.0929. The van der Waals surface area contributed by atoms with Crippen LogP contribution in [0.2, 0.25) is 0 Å². The van der Waals surface area contributed by atoms with Gasteiger partial charge < -0.3 is 4.98 Å². The lowest BCUT2D eigenvalue weighted by molar-refractivity contribution is -0.216. The number of hydroxylamine groups is 2. The monoisotopic (exact) mass is 565 g/mol. The lowest BCUT2D eigenvalue weighted by Gasteiger charge is -2.37. The molecule has 5 aromatic rings. The molecule has 2 saturated heterocycles. The van der Waals surface area contributed by atoms with Gasteiger partial charge in [0.05, 0.1) is 31.4 Å². The second kappa shape index (κ2) is 10.5. The molecule has 42 heavy (non-hydrogen) atoms.